The third-order valence-corrected chi connectivity index (χ3v) is 4.35. The number of hydrogen-bond donors (Lipinski definition) is 1. The summed E-state index contributed by atoms with van der Waals surface area (Å²) in [4.78, 5) is 12.6. The van der Waals surface area contributed by atoms with Crippen molar-refractivity contribution in [2.45, 2.75) is 13.0 Å². The van der Waals surface area contributed by atoms with E-state index < -0.39 is 0 Å². The molecule has 0 fully saturated rings. The zero-order valence-electron chi connectivity index (χ0n) is 15.4. The summed E-state index contributed by atoms with van der Waals surface area (Å²) in [5, 5.41) is 2.90. The molecule has 0 spiro atoms. The Morgan fingerprint density at radius 3 is 2.57 bits per heavy atom. The largest absolute Gasteiger partial charge is 0.490 e. The lowest BCUT2D eigenvalue weighted by Crippen LogP contribution is -2.12. The molecule has 1 heterocycles. The van der Waals surface area contributed by atoms with Crippen molar-refractivity contribution in [2.75, 3.05) is 18.5 Å². The van der Waals surface area contributed by atoms with Gasteiger partial charge >= 0.3 is 0 Å². The number of carbonyl (C=O) groups excluding carboxylic acids is 1. The van der Waals surface area contributed by atoms with E-state index in [1.54, 1.807) is 24.3 Å². The average molecular weight is 375 g/mol. The maximum atomic E-state index is 12.6. The molecule has 0 aromatic heterocycles. The smallest absolute Gasteiger partial charge is 0.255 e. The highest BCUT2D eigenvalue weighted by molar-refractivity contribution is 6.04. The van der Waals surface area contributed by atoms with Crippen LogP contribution in [0.1, 0.15) is 22.3 Å². The number of rotatable bonds is 5. The van der Waals surface area contributed by atoms with Crippen LogP contribution in [0, 0.1) is 0 Å². The average Bonchev–Trinajstić information content (AvgIpc) is 2.98. The SMILES string of the molecule is O=C(Nc1ccc2c(c1)OCCCO2)c1cccc(OCc2ccccc2)c1. The molecule has 3 aromatic carbocycles. The predicted molar refractivity (Wildman–Crippen MR) is 107 cm³/mol. The van der Waals surface area contributed by atoms with Gasteiger partial charge in [-0.3, -0.25) is 4.79 Å². The lowest BCUT2D eigenvalue weighted by atomic mass is 10.2. The third-order valence-electron chi connectivity index (χ3n) is 4.35. The standard InChI is InChI=1S/C23H21NO4/c25-23(24-19-10-11-21-22(15-19)27-13-5-12-26-21)18-8-4-9-20(14-18)28-16-17-6-2-1-3-7-17/h1-4,6-11,14-15H,5,12-13,16H2,(H,24,25). The quantitative estimate of drug-likeness (QED) is 0.704. The Labute approximate surface area is 163 Å². The first kappa shape index (κ1) is 17.9. The van der Waals surface area contributed by atoms with E-state index in [-0.39, 0.29) is 5.91 Å². The van der Waals surface area contributed by atoms with E-state index in [9.17, 15) is 4.79 Å². The Kier molecular flexibility index (Phi) is 5.43. The maximum absolute atomic E-state index is 12.6. The van der Waals surface area contributed by atoms with Gasteiger partial charge < -0.3 is 19.5 Å². The molecule has 0 saturated heterocycles. The molecule has 1 amide bonds. The van der Waals surface area contributed by atoms with Gasteiger partial charge in [-0.15, -0.1) is 0 Å². The maximum Gasteiger partial charge on any atom is 0.255 e. The van der Waals surface area contributed by atoms with Crippen LogP contribution in [0.25, 0.3) is 0 Å². The van der Waals surface area contributed by atoms with Gasteiger partial charge in [-0.25, -0.2) is 0 Å². The summed E-state index contributed by atoms with van der Waals surface area (Å²) in [7, 11) is 0. The highest BCUT2D eigenvalue weighted by Gasteiger charge is 2.13. The lowest BCUT2D eigenvalue weighted by Gasteiger charge is -2.11. The molecule has 1 aliphatic rings. The van der Waals surface area contributed by atoms with Crippen LogP contribution in [-0.4, -0.2) is 19.1 Å². The van der Waals surface area contributed by atoms with Crippen LogP contribution < -0.4 is 19.5 Å². The minimum Gasteiger partial charge on any atom is -0.490 e. The van der Waals surface area contributed by atoms with Crippen molar-refractivity contribution >= 4 is 11.6 Å². The molecular formula is C23H21NO4. The summed E-state index contributed by atoms with van der Waals surface area (Å²) in [6, 6.07) is 22.5. The predicted octanol–water partition coefficient (Wildman–Crippen LogP) is 4.68. The molecule has 1 N–H and O–H groups in total. The molecule has 0 aliphatic carbocycles. The second kappa shape index (κ2) is 8.48. The Morgan fingerprint density at radius 1 is 0.893 bits per heavy atom. The highest BCUT2D eigenvalue weighted by atomic mass is 16.5. The molecule has 0 saturated carbocycles. The van der Waals surface area contributed by atoms with Crippen molar-refractivity contribution in [3.63, 3.8) is 0 Å². The van der Waals surface area contributed by atoms with Crippen LogP contribution in [0.3, 0.4) is 0 Å². The van der Waals surface area contributed by atoms with Gasteiger partial charge in [0.2, 0.25) is 0 Å². The summed E-state index contributed by atoms with van der Waals surface area (Å²) in [5.74, 6) is 1.79. The minimum absolute atomic E-state index is 0.209. The molecular weight excluding hydrogens is 354 g/mol. The highest BCUT2D eigenvalue weighted by Crippen LogP contribution is 2.32. The zero-order valence-corrected chi connectivity index (χ0v) is 15.4. The number of anilines is 1. The minimum atomic E-state index is -0.209. The summed E-state index contributed by atoms with van der Waals surface area (Å²) < 4.78 is 17.1. The fourth-order valence-corrected chi connectivity index (χ4v) is 2.91. The van der Waals surface area contributed by atoms with Crippen LogP contribution in [0.15, 0.2) is 72.8 Å². The summed E-state index contributed by atoms with van der Waals surface area (Å²) in [6.45, 7) is 1.69. The number of amides is 1. The summed E-state index contributed by atoms with van der Waals surface area (Å²) in [5.41, 5.74) is 2.26. The van der Waals surface area contributed by atoms with E-state index >= 15 is 0 Å². The monoisotopic (exact) mass is 375 g/mol. The normalized spacial score (nSPS) is 12.7. The zero-order chi connectivity index (χ0) is 19.2. The number of fused-ring (bicyclic) bond motifs is 1. The van der Waals surface area contributed by atoms with Crippen LogP contribution >= 0.6 is 0 Å². The van der Waals surface area contributed by atoms with E-state index in [1.807, 2.05) is 48.5 Å². The molecule has 0 unspecified atom stereocenters. The van der Waals surface area contributed by atoms with E-state index in [2.05, 4.69) is 5.32 Å². The molecule has 1 aliphatic heterocycles. The number of carbonyl (C=O) groups is 1. The van der Waals surface area contributed by atoms with E-state index in [0.29, 0.717) is 48.3 Å². The van der Waals surface area contributed by atoms with Crippen LogP contribution in [0.2, 0.25) is 0 Å². The number of ether oxygens (including phenoxy) is 3. The number of benzene rings is 3. The Hall–Kier alpha value is -3.47. The van der Waals surface area contributed by atoms with E-state index in [1.165, 1.54) is 0 Å². The summed E-state index contributed by atoms with van der Waals surface area (Å²) >= 11 is 0. The first-order chi connectivity index (χ1) is 13.8. The topological polar surface area (TPSA) is 56.8 Å². The fourth-order valence-electron chi connectivity index (χ4n) is 2.91. The fraction of sp³-hybridized carbons (Fsp3) is 0.174. The number of hydrogen-bond acceptors (Lipinski definition) is 4. The molecule has 3 aromatic rings. The second-order valence-electron chi connectivity index (χ2n) is 6.47. The Balaban J connectivity index is 1.43. The second-order valence-corrected chi connectivity index (χ2v) is 6.47. The van der Waals surface area contributed by atoms with Crippen LogP contribution in [0.4, 0.5) is 5.69 Å². The molecule has 5 heteroatoms. The van der Waals surface area contributed by atoms with Crippen LogP contribution in [-0.2, 0) is 6.61 Å². The van der Waals surface area contributed by atoms with Crippen molar-refractivity contribution in [1.82, 2.24) is 0 Å². The molecule has 0 radical (unpaired) electrons. The van der Waals surface area contributed by atoms with Gasteiger partial charge in [0.25, 0.3) is 5.91 Å². The molecule has 4 rings (SSSR count). The van der Waals surface area contributed by atoms with E-state index in [4.69, 9.17) is 14.2 Å². The Bertz CT molecular complexity index is 956. The van der Waals surface area contributed by atoms with Crippen LogP contribution in [0.5, 0.6) is 17.2 Å². The van der Waals surface area contributed by atoms with Gasteiger partial charge in [-0.2, -0.15) is 0 Å². The first-order valence-electron chi connectivity index (χ1n) is 9.26. The van der Waals surface area contributed by atoms with Gasteiger partial charge in [0, 0.05) is 23.7 Å². The van der Waals surface area contributed by atoms with Crippen molar-refractivity contribution < 1.29 is 19.0 Å². The van der Waals surface area contributed by atoms with Crippen molar-refractivity contribution in [3.05, 3.63) is 83.9 Å². The molecule has 142 valence electrons. The summed E-state index contributed by atoms with van der Waals surface area (Å²) in [6.07, 6.45) is 0.839. The molecule has 5 nitrogen and oxygen atoms in total. The van der Waals surface area contributed by atoms with Gasteiger partial charge in [-0.05, 0) is 35.9 Å². The van der Waals surface area contributed by atoms with E-state index in [0.717, 1.165) is 12.0 Å². The third kappa shape index (κ3) is 4.43. The number of nitrogens with one attached hydrogen (secondary N) is 1. The first-order valence-corrected chi connectivity index (χ1v) is 9.26. The molecule has 0 atom stereocenters. The van der Waals surface area contributed by atoms with Crippen molar-refractivity contribution in [2.24, 2.45) is 0 Å². The lowest BCUT2D eigenvalue weighted by molar-refractivity contribution is 0.102. The van der Waals surface area contributed by atoms with Gasteiger partial charge in [0.05, 0.1) is 13.2 Å². The van der Waals surface area contributed by atoms with Gasteiger partial charge in [-0.1, -0.05) is 36.4 Å². The Morgan fingerprint density at radius 2 is 1.71 bits per heavy atom. The van der Waals surface area contributed by atoms with Gasteiger partial charge in [0.15, 0.2) is 11.5 Å². The van der Waals surface area contributed by atoms with Crippen molar-refractivity contribution in [3.8, 4) is 17.2 Å². The molecule has 28 heavy (non-hydrogen) atoms. The van der Waals surface area contributed by atoms with Crippen molar-refractivity contribution in [1.29, 1.82) is 0 Å². The van der Waals surface area contributed by atoms with Gasteiger partial charge in [0.1, 0.15) is 12.4 Å². The molecule has 0 bridgehead atoms.